The third kappa shape index (κ3) is 55.2. The maximum absolute atomic E-state index is 13.4. The van der Waals surface area contributed by atoms with E-state index in [4.69, 9.17) is 28.4 Å². The van der Waals surface area contributed by atoms with Crippen molar-refractivity contribution in [2.75, 3.05) is 0 Å². The van der Waals surface area contributed by atoms with Gasteiger partial charge in [0.2, 0.25) is 0 Å². The van der Waals surface area contributed by atoms with E-state index >= 15 is 0 Å². The van der Waals surface area contributed by atoms with Gasteiger partial charge in [-0.25, -0.2) is 28.8 Å². The lowest BCUT2D eigenvalue weighted by atomic mass is 9.93. The second kappa shape index (κ2) is 75.7. The summed E-state index contributed by atoms with van der Waals surface area (Å²) in [6, 6.07) is 21.4. The molecule has 18 heteroatoms. The number of hydrogen-bond acceptors (Lipinski definition) is 18. The van der Waals surface area contributed by atoms with Crippen LogP contribution in [0.5, 0.6) is 69.0 Å². The molecular formula is C132H210O18. The van der Waals surface area contributed by atoms with Crippen molar-refractivity contribution in [3.05, 3.63) is 140 Å². The fraction of sp³-hybridized carbons (Fsp3) is 0.682. The van der Waals surface area contributed by atoms with Crippen LogP contribution in [-0.2, 0) is 106 Å². The van der Waals surface area contributed by atoms with Gasteiger partial charge in [-0.15, -0.1) is 0 Å². The largest absolute Gasteiger partial charge is 0.508 e. The molecule has 6 aromatic rings. The minimum Gasteiger partial charge on any atom is -0.508 e. The summed E-state index contributed by atoms with van der Waals surface area (Å²) in [4.78, 5) is 80.3. The number of carbonyl (C=O) groups excluding carboxylic acids is 6. The number of unbranched alkanes of at least 4 members (excludes halogenated alkanes) is 12. The minimum atomic E-state index is -1.13. The van der Waals surface area contributed by atoms with E-state index in [1.165, 1.54) is 38.5 Å². The van der Waals surface area contributed by atoms with Crippen molar-refractivity contribution in [1.29, 1.82) is 0 Å². The van der Waals surface area contributed by atoms with Gasteiger partial charge >= 0.3 is 35.8 Å². The average molecular weight is 2090 g/mol. The van der Waals surface area contributed by atoms with Crippen LogP contribution in [0, 0.1) is 71.0 Å². The minimum absolute atomic E-state index is 0.0963. The van der Waals surface area contributed by atoms with Crippen LogP contribution in [0.15, 0.2) is 72.8 Å². The van der Waals surface area contributed by atoms with Gasteiger partial charge in [-0.3, -0.25) is 0 Å². The van der Waals surface area contributed by atoms with Crippen LogP contribution in [-0.4, -0.2) is 66.5 Å². The Morgan fingerprint density at radius 3 is 0.413 bits per heavy atom. The third-order valence-corrected chi connectivity index (χ3v) is 29.8. The van der Waals surface area contributed by atoms with Gasteiger partial charge in [-0.05, 0) is 331 Å². The monoisotopic (exact) mass is 2080 g/mol. The van der Waals surface area contributed by atoms with Crippen molar-refractivity contribution < 1.29 is 87.8 Å². The summed E-state index contributed by atoms with van der Waals surface area (Å²) in [5.41, 5.74) is 8.50. The van der Waals surface area contributed by atoms with E-state index in [1.807, 2.05) is 0 Å². The first-order valence-electron chi connectivity index (χ1n) is 59.9. The molecule has 0 aliphatic carbocycles. The maximum atomic E-state index is 13.4. The Kier molecular flexibility index (Phi) is 67.2. The molecule has 18 nitrogen and oxygen atoms in total. The number of phenolic OH excluding ortho intramolecular Hbond substituents is 6. The van der Waals surface area contributed by atoms with Gasteiger partial charge in [0.25, 0.3) is 0 Å². The molecule has 0 unspecified atom stereocenters. The number of hydrogen-bond donors (Lipinski definition) is 6. The highest BCUT2D eigenvalue weighted by atomic mass is 16.6. The van der Waals surface area contributed by atoms with Crippen LogP contribution in [0.3, 0.4) is 0 Å². The van der Waals surface area contributed by atoms with E-state index in [1.54, 1.807) is 72.8 Å². The molecule has 6 rings (SSSR count). The van der Waals surface area contributed by atoms with Gasteiger partial charge in [0.05, 0.1) is 0 Å². The van der Waals surface area contributed by atoms with Gasteiger partial charge in [-0.1, -0.05) is 359 Å². The molecule has 0 saturated heterocycles. The Morgan fingerprint density at radius 1 is 0.173 bits per heavy atom. The molecule has 0 saturated carbocycles. The zero-order valence-electron chi connectivity index (χ0n) is 98.6. The lowest BCUT2D eigenvalue weighted by Gasteiger charge is -2.18. The summed E-state index contributed by atoms with van der Waals surface area (Å²) >= 11 is 0. The highest BCUT2D eigenvalue weighted by molar-refractivity contribution is 6.32. The molecule has 0 heterocycles. The van der Waals surface area contributed by atoms with Crippen LogP contribution in [0.25, 0.3) is 0 Å². The second-order valence-corrected chi connectivity index (χ2v) is 47.4. The van der Waals surface area contributed by atoms with Crippen LogP contribution in [0.2, 0.25) is 0 Å². The van der Waals surface area contributed by atoms with Crippen LogP contribution < -0.4 is 28.4 Å². The molecule has 150 heavy (non-hydrogen) atoms. The van der Waals surface area contributed by atoms with Gasteiger partial charge in [0.1, 0.15) is 69.0 Å². The summed E-state index contributed by atoms with van der Waals surface area (Å²) in [6.07, 6.45) is 51.8. The topological polar surface area (TPSA) is 279 Å². The number of ether oxygens (including phenoxy) is 6. The van der Waals surface area contributed by atoms with Crippen molar-refractivity contribution in [3.63, 3.8) is 0 Å². The molecule has 0 bridgehead atoms. The average Bonchev–Trinajstić information content (AvgIpc) is 0.818. The molecule has 0 spiro atoms. The lowest BCUT2D eigenvalue weighted by Crippen LogP contribution is -2.26. The summed E-state index contributed by atoms with van der Waals surface area (Å²) in [7, 11) is 0. The molecule has 0 radical (unpaired) electrons. The van der Waals surface area contributed by atoms with Gasteiger partial charge in [-0.2, -0.15) is 0 Å². The Bertz CT molecular complexity index is 4060. The van der Waals surface area contributed by atoms with E-state index in [9.17, 15) is 59.4 Å². The third-order valence-electron chi connectivity index (χ3n) is 29.8. The fourth-order valence-corrected chi connectivity index (χ4v) is 19.8. The Morgan fingerprint density at radius 2 is 0.300 bits per heavy atom. The highest BCUT2D eigenvalue weighted by Gasteiger charge is 2.31. The predicted molar refractivity (Wildman–Crippen MR) is 619 cm³/mol. The smallest absolute Gasteiger partial charge is 0.423 e. The number of phenols is 6. The summed E-state index contributed by atoms with van der Waals surface area (Å²) in [5, 5.41) is 66.7. The first-order valence-corrected chi connectivity index (χ1v) is 59.9. The molecule has 846 valence electrons. The maximum Gasteiger partial charge on any atom is 0.423 e. The number of esters is 6. The summed E-state index contributed by atoms with van der Waals surface area (Å²) in [5.74, 6) is 1.79. The van der Waals surface area contributed by atoms with Crippen molar-refractivity contribution in [3.8, 4) is 69.0 Å². The number of aromatic hydroxyl groups is 6. The van der Waals surface area contributed by atoms with Crippen molar-refractivity contribution >= 4 is 35.8 Å². The molecule has 6 aromatic carbocycles. The standard InChI is InChI=1S/3C44H70O6/c3*1-9-11-13-21-35-27-39(45)37(25-23-33(7)19-15-17-31(3)4)41(29-35)49-43(47)44(48)50-42-30-36(22-14-12-10-2)28-40(46)38(42)26-24-34(8)20-16-18-32(5)6/h3*27-34,45-46H,9-26H2,1-8H3/t33-,34+;2*33-,34-/m.10/s1. The zero-order chi connectivity index (χ0) is 111. The van der Waals surface area contributed by atoms with Crippen molar-refractivity contribution in [1.82, 2.24) is 0 Å². The predicted octanol–water partition coefficient (Wildman–Crippen LogP) is 35.6. The van der Waals surface area contributed by atoms with Crippen LogP contribution in [0.1, 0.15) is 503 Å². The van der Waals surface area contributed by atoms with Gasteiger partial charge in [0.15, 0.2) is 0 Å². The van der Waals surface area contributed by atoms with E-state index < -0.39 is 35.8 Å². The molecule has 6 N–H and O–H groups in total. The molecule has 0 amide bonds. The second-order valence-electron chi connectivity index (χ2n) is 47.4. The molecule has 6 atom stereocenters. The normalized spacial score (nSPS) is 12.8. The summed E-state index contributed by atoms with van der Waals surface area (Å²) < 4.78 is 34.5. The Labute approximate surface area is 910 Å². The number of aryl methyl sites for hydroxylation is 6. The zero-order valence-corrected chi connectivity index (χ0v) is 98.6. The van der Waals surface area contributed by atoms with Gasteiger partial charge in [0, 0.05) is 33.4 Å². The van der Waals surface area contributed by atoms with Crippen LogP contribution >= 0.6 is 0 Å². The number of benzene rings is 6. The fourth-order valence-electron chi connectivity index (χ4n) is 19.8. The molecule has 0 fully saturated rings. The first kappa shape index (κ1) is 133. The van der Waals surface area contributed by atoms with Crippen molar-refractivity contribution in [2.45, 2.75) is 513 Å². The van der Waals surface area contributed by atoms with Gasteiger partial charge < -0.3 is 59.1 Å². The van der Waals surface area contributed by atoms with Crippen LogP contribution in [0.4, 0.5) is 0 Å². The lowest BCUT2D eigenvalue weighted by molar-refractivity contribution is -0.156. The summed E-state index contributed by atoms with van der Waals surface area (Å²) in [6.45, 7) is 53.0. The van der Waals surface area contributed by atoms with E-state index in [0.717, 1.165) is 303 Å². The van der Waals surface area contributed by atoms with E-state index in [0.29, 0.717) is 143 Å². The number of rotatable bonds is 72. The van der Waals surface area contributed by atoms with Crippen molar-refractivity contribution in [2.24, 2.45) is 71.0 Å². The van der Waals surface area contributed by atoms with E-state index in [-0.39, 0.29) is 69.0 Å². The highest BCUT2D eigenvalue weighted by Crippen LogP contribution is 2.43. The molecular weight excluding hydrogens is 1870 g/mol. The Hall–Kier alpha value is -9.06. The number of carbonyl (C=O) groups is 6. The first-order chi connectivity index (χ1) is 71.5. The Balaban J connectivity index is 0.000000468. The van der Waals surface area contributed by atoms with E-state index in [2.05, 4.69) is 166 Å². The molecule has 0 aromatic heterocycles. The SMILES string of the molecule is CCCCCc1cc(O)c(CC[C@@H](C)CCCC(C)C)c(OC(=O)C(=O)Oc2cc(CCCCC)cc(O)c2CC[C@@H](C)CCCC(C)C)c1.CCCCCc1cc(O)c(CC[C@H](C)CCCC(C)C)c(OC(=O)C(=O)Oc2cc(CCCCC)cc(O)c2CC[C@@H](C)CCCC(C)C)c1.CCCCCc1cc(O)c(CC[C@H](C)CCCC(C)C)c(OC(=O)C(=O)Oc2cc(CCCCC)cc(O)c2CC[C@H](C)CCCC(C)C)c1. The molecule has 0 aliphatic rings. The molecule has 0 aliphatic heterocycles. The quantitative estimate of drug-likeness (QED) is 0.00896.